The summed E-state index contributed by atoms with van der Waals surface area (Å²) in [4.78, 5) is 105. The summed E-state index contributed by atoms with van der Waals surface area (Å²) in [6.45, 7) is 3.00. The zero-order chi connectivity index (χ0) is 62.4. The number of amides is 8. The van der Waals surface area contributed by atoms with Crippen LogP contribution in [-0.4, -0.2) is 204 Å². The maximum atomic E-state index is 12.7. The summed E-state index contributed by atoms with van der Waals surface area (Å²) < 4.78 is 21.8. The SMILES string of the molecule is CC(=O)N[C@H]1[C@H]([C@H](OC(=O)NCCCCCCNC(=O)NCCCCCCCCCCCCNC(=O)NCCCCCCNC(=O)O[C@@H]([C@@H]2OC(C(=O)O)=C[C@H](N=C(N)N)[C@H]2NC(C)=O)[C@H](O)CO)[C@H](O)CO)OC(C(=O)O)=C[C@@H]1N=C(N)N. The number of carbonyl (C=O) groups is 8. The normalized spacial score (nSPS) is 19.5. The lowest BCUT2D eigenvalue weighted by atomic mass is 9.92. The van der Waals surface area contributed by atoms with Crippen LogP contribution in [0.2, 0.25) is 0 Å². The second-order valence-corrected chi connectivity index (χ2v) is 20.2. The quantitative estimate of drug-likeness (QED) is 0.0189. The highest BCUT2D eigenvalue weighted by Gasteiger charge is 2.48. The number of nitrogens with one attached hydrogen (secondary N) is 8. The number of carboxylic acids is 2. The largest absolute Gasteiger partial charge is 0.477 e. The van der Waals surface area contributed by atoms with E-state index in [2.05, 4.69) is 52.5 Å². The van der Waals surface area contributed by atoms with Gasteiger partial charge in [0, 0.05) is 53.1 Å². The molecule has 84 heavy (non-hydrogen) atoms. The predicted octanol–water partition coefficient (Wildman–Crippen LogP) is -1.47. The molecule has 32 heteroatoms. The van der Waals surface area contributed by atoms with Crippen LogP contribution in [0.5, 0.6) is 0 Å². The monoisotopic (exact) mass is 1200 g/mol. The molecule has 0 aromatic rings. The maximum absolute atomic E-state index is 12.7. The number of aliphatic hydroxyl groups excluding tert-OH is 4. The first kappa shape index (κ1) is 72.5. The number of carboxylic acid groups (broad SMARTS) is 2. The number of guanidine groups is 2. The van der Waals surface area contributed by atoms with Crippen LogP contribution in [0, 0.1) is 0 Å². The fourth-order valence-electron chi connectivity index (χ4n) is 9.05. The van der Waals surface area contributed by atoms with E-state index < -0.39 is 133 Å². The van der Waals surface area contributed by atoms with E-state index in [9.17, 15) is 69.0 Å². The van der Waals surface area contributed by atoms with Gasteiger partial charge in [-0.1, -0.05) is 77.0 Å². The van der Waals surface area contributed by atoms with Gasteiger partial charge in [0.2, 0.25) is 23.3 Å². The Balaban J connectivity index is 1.46. The van der Waals surface area contributed by atoms with Crippen molar-refractivity contribution in [1.82, 2.24) is 42.5 Å². The summed E-state index contributed by atoms with van der Waals surface area (Å²) in [7, 11) is 0. The Hall–Kier alpha value is -7.58. The number of rotatable bonds is 41. The van der Waals surface area contributed by atoms with Crippen LogP contribution in [-0.2, 0) is 38.1 Å². The smallest absolute Gasteiger partial charge is 0.407 e. The van der Waals surface area contributed by atoms with Gasteiger partial charge in [0.15, 0.2) is 36.3 Å². The van der Waals surface area contributed by atoms with E-state index >= 15 is 0 Å². The molecule has 0 aromatic heterocycles. The Morgan fingerprint density at radius 3 is 0.976 bits per heavy atom. The summed E-state index contributed by atoms with van der Waals surface area (Å²) in [6, 6.07) is -5.23. The Kier molecular flexibility index (Phi) is 35.8. The van der Waals surface area contributed by atoms with Crippen LogP contribution in [0.25, 0.3) is 0 Å². The molecule has 0 saturated heterocycles. The third-order valence-corrected chi connectivity index (χ3v) is 13.1. The second-order valence-electron chi connectivity index (χ2n) is 20.2. The molecule has 8 amide bonds. The first-order valence-corrected chi connectivity index (χ1v) is 28.5. The number of alkyl carbamates (subject to hydrolysis) is 2. The van der Waals surface area contributed by atoms with Crippen LogP contribution in [0.1, 0.15) is 129 Å². The fraction of sp³-hybridized carbons (Fsp3) is 0.731. The summed E-state index contributed by atoms with van der Waals surface area (Å²) in [5.74, 6) is -6.31. The number of nitrogens with two attached hydrogens (primary N) is 4. The molecular formula is C52H92N14O18. The van der Waals surface area contributed by atoms with Crippen LogP contribution in [0.4, 0.5) is 19.2 Å². The van der Waals surface area contributed by atoms with Gasteiger partial charge in [-0.2, -0.15) is 0 Å². The molecule has 2 aliphatic heterocycles. The van der Waals surface area contributed by atoms with Crippen LogP contribution in [0.3, 0.4) is 0 Å². The summed E-state index contributed by atoms with van der Waals surface area (Å²) in [5, 5.41) is 81.3. The standard InChI is InChI=1S/C52H92N14O18/c1-31(69)63-39-33(65-47(53)54)27-37(45(73)74)81-43(39)41(35(71)29-67)83-51(79)61-25-19-13-11-17-23-59-49(77)57-21-15-9-7-5-3-4-6-8-10-16-22-58-50(78)60-24-18-12-14-20-26-62-52(80)84-42(36(72)30-68)44-40(64-32(2)70)34(66-48(55)56)28-38(82-44)46(75)76/h27-28,33-36,39-44,67-68,71-72H,3-26,29-30H2,1-2H3,(H,61,79)(H,62,80)(H,63,69)(H,64,70)(H,73,74)(H,75,76)(H4,53,54,65)(H4,55,56,66)(H2,57,59,77)(H2,58,60,78)/t33-,34-,35+,36+,39+,40+,41+,42+,43+,44+/m0/s1. The van der Waals surface area contributed by atoms with Crippen molar-refractivity contribution >= 4 is 59.9 Å². The van der Waals surface area contributed by atoms with E-state index in [1.54, 1.807) is 0 Å². The number of urea groups is 2. The van der Waals surface area contributed by atoms with Gasteiger partial charge < -0.3 is 115 Å². The van der Waals surface area contributed by atoms with Gasteiger partial charge in [-0.3, -0.25) is 9.59 Å². The van der Waals surface area contributed by atoms with Gasteiger partial charge in [-0.25, -0.2) is 38.8 Å². The Morgan fingerprint density at radius 1 is 0.476 bits per heavy atom. The molecule has 0 bridgehead atoms. The summed E-state index contributed by atoms with van der Waals surface area (Å²) in [6.07, 6.45) is 6.19. The molecule has 0 radical (unpaired) electrons. The van der Waals surface area contributed by atoms with Gasteiger partial charge in [-0.05, 0) is 50.7 Å². The first-order valence-electron chi connectivity index (χ1n) is 28.5. The van der Waals surface area contributed by atoms with Crippen molar-refractivity contribution in [1.29, 1.82) is 0 Å². The minimum atomic E-state index is -1.74. The average molecular weight is 1200 g/mol. The van der Waals surface area contributed by atoms with E-state index in [0.717, 1.165) is 89.2 Å². The van der Waals surface area contributed by atoms with Crippen molar-refractivity contribution < 1.29 is 87.9 Å². The molecule has 32 nitrogen and oxygen atoms in total. The first-order chi connectivity index (χ1) is 40.1. The summed E-state index contributed by atoms with van der Waals surface area (Å²) >= 11 is 0. The molecule has 0 unspecified atom stereocenters. The number of hydrogen-bond acceptors (Lipinski definition) is 18. The number of carbonyl (C=O) groups excluding carboxylic acids is 6. The molecule has 0 aromatic carbocycles. The van der Waals surface area contributed by atoms with Crippen molar-refractivity contribution in [2.24, 2.45) is 32.9 Å². The van der Waals surface area contributed by atoms with Gasteiger partial charge in [0.05, 0.1) is 37.4 Å². The molecule has 478 valence electrons. The van der Waals surface area contributed by atoms with E-state index in [1.165, 1.54) is 13.8 Å². The predicted molar refractivity (Wildman–Crippen MR) is 304 cm³/mol. The van der Waals surface area contributed by atoms with E-state index in [1.807, 2.05) is 0 Å². The highest BCUT2D eigenvalue weighted by Crippen LogP contribution is 2.28. The molecule has 0 spiro atoms. The van der Waals surface area contributed by atoms with Crippen molar-refractivity contribution in [2.75, 3.05) is 52.5 Å². The lowest BCUT2D eigenvalue weighted by Crippen LogP contribution is -2.61. The Morgan fingerprint density at radius 2 is 0.738 bits per heavy atom. The second kappa shape index (κ2) is 41.4. The highest BCUT2D eigenvalue weighted by atomic mass is 16.6. The van der Waals surface area contributed by atoms with Gasteiger partial charge >= 0.3 is 36.2 Å². The zero-order valence-corrected chi connectivity index (χ0v) is 48.1. The lowest BCUT2D eigenvalue weighted by molar-refractivity contribution is -0.147. The van der Waals surface area contributed by atoms with Gasteiger partial charge in [0.25, 0.3) is 0 Å². The zero-order valence-electron chi connectivity index (χ0n) is 48.1. The number of ether oxygens (including phenoxy) is 4. The van der Waals surface area contributed by atoms with E-state index in [-0.39, 0.29) is 25.2 Å². The highest BCUT2D eigenvalue weighted by molar-refractivity contribution is 5.86. The average Bonchev–Trinajstić information content (AvgIpc) is 2.19. The Labute approximate surface area is 488 Å². The molecule has 22 N–H and O–H groups in total. The van der Waals surface area contributed by atoms with Gasteiger partial charge in [0.1, 0.15) is 12.2 Å². The van der Waals surface area contributed by atoms with Crippen LogP contribution >= 0.6 is 0 Å². The summed E-state index contributed by atoms with van der Waals surface area (Å²) in [5.41, 5.74) is 22.0. The number of aliphatic carboxylic acids is 2. The van der Waals surface area contributed by atoms with Crippen molar-refractivity contribution in [3.05, 3.63) is 23.7 Å². The third kappa shape index (κ3) is 30.1. The molecule has 0 fully saturated rings. The number of hydrogen-bond donors (Lipinski definition) is 18. The van der Waals surface area contributed by atoms with Crippen molar-refractivity contribution in [3.8, 4) is 0 Å². The lowest BCUT2D eigenvalue weighted by Gasteiger charge is -2.39. The molecule has 2 heterocycles. The molecule has 0 aliphatic carbocycles. The number of aliphatic imine (C=N–C) groups is 2. The van der Waals surface area contributed by atoms with Crippen molar-refractivity contribution in [2.45, 2.75) is 190 Å². The van der Waals surface area contributed by atoms with Gasteiger partial charge in [-0.15, -0.1) is 0 Å². The molecule has 0 saturated carbocycles. The number of nitrogens with zero attached hydrogens (tertiary/aromatic N) is 2. The van der Waals surface area contributed by atoms with E-state index in [0.29, 0.717) is 64.7 Å². The Bertz CT molecular complexity index is 2030. The van der Waals surface area contributed by atoms with E-state index in [4.69, 9.17) is 41.9 Å². The third-order valence-electron chi connectivity index (χ3n) is 13.1. The molecule has 2 aliphatic rings. The van der Waals surface area contributed by atoms with Crippen LogP contribution < -0.4 is 65.5 Å². The van der Waals surface area contributed by atoms with Crippen LogP contribution in [0.15, 0.2) is 33.7 Å². The molecule has 2 rings (SSSR count). The molecule has 10 atom stereocenters. The number of aliphatic hydroxyl groups is 4. The topological polar surface area (TPSA) is 520 Å². The molecular weight excluding hydrogens is 1110 g/mol. The minimum Gasteiger partial charge on any atom is -0.477 e. The number of unbranched alkanes of at least 4 members (excludes halogenated alkanes) is 15. The fourth-order valence-corrected chi connectivity index (χ4v) is 9.05. The maximum Gasteiger partial charge on any atom is 0.407 e. The van der Waals surface area contributed by atoms with Crippen molar-refractivity contribution in [3.63, 3.8) is 0 Å². The minimum absolute atomic E-state index is 0.183.